The van der Waals surface area contributed by atoms with Crippen LogP contribution >= 0.6 is 0 Å². The van der Waals surface area contributed by atoms with Crippen LogP contribution < -0.4 is 15.5 Å². The molecule has 0 bridgehead atoms. The van der Waals surface area contributed by atoms with Gasteiger partial charge in [0.05, 0.1) is 12.1 Å². The van der Waals surface area contributed by atoms with Crippen molar-refractivity contribution in [2.45, 2.75) is 58.8 Å². The van der Waals surface area contributed by atoms with E-state index in [1.807, 2.05) is 50.9 Å². The molecule has 0 aliphatic carbocycles. The molecule has 0 saturated carbocycles. The lowest BCUT2D eigenvalue weighted by molar-refractivity contribution is -0.117. The number of anilines is 1. The van der Waals surface area contributed by atoms with E-state index in [1.54, 1.807) is 6.92 Å². The molecular formula is C24H31N3O3. The summed E-state index contributed by atoms with van der Waals surface area (Å²) in [6, 6.07) is 14.2. The Morgan fingerprint density at radius 2 is 1.90 bits per heavy atom. The van der Waals surface area contributed by atoms with Gasteiger partial charge in [0, 0.05) is 25.2 Å². The number of fused-ring (bicyclic) bond motifs is 1. The summed E-state index contributed by atoms with van der Waals surface area (Å²) >= 11 is 0. The van der Waals surface area contributed by atoms with Crippen molar-refractivity contribution < 1.29 is 14.3 Å². The molecule has 0 spiro atoms. The molecule has 0 fully saturated rings. The molecule has 0 saturated heterocycles. The molecule has 1 aliphatic heterocycles. The summed E-state index contributed by atoms with van der Waals surface area (Å²) in [4.78, 5) is 26.4. The van der Waals surface area contributed by atoms with Crippen LogP contribution in [0.25, 0.3) is 11.1 Å². The normalized spacial score (nSPS) is 18.1. The second-order valence-electron chi connectivity index (χ2n) is 8.13. The van der Waals surface area contributed by atoms with Gasteiger partial charge < -0.3 is 20.3 Å². The van der Waals surface area contributed by atoms with Crippen molar-refractivity contribution in [3.8, 4) is 11.1 Å². The third-order valence-corrected chi connectivity index (χ3v) is 5.30. The third-order valence-electron chi connectivity index (χ3n) is 5.30. The molecule has 2 amide bonds. The highest BCUT2D eigenvalue weighted by Crippen LogP contribution is 2.39. The number of amides is 2. The SMILES string of the molecule is CNCc1cccc(-c2ccc3c(c2)C(NC(=O)OC(C)C)CC(C)N3C(C)=O)c1. The summed E-state index contributed by atoms with van der Waals surface area (Å²) in [6.45, 7) is 8.02. The van der Waals surface area contributed by atoms with E-state index in [1.165, 1.54) is 5.56 Å². The zero-order chi connectivity index (χ0) is 21.8. The largest absolute Gasteiger partial charge is 0.447 e. The molecule has 30 heavy (non-hydrogen) atoms. The molecule has 2 aromatic carbocycles. The van der Waals surface area contributed by atoms with E-state index >= 15 is 0 Å². The summed E-state index contributed by atoms with van der Waals surface area (Å²) in [6.07, 6.45) is -0.00506. The van der Waals surface area contributed by atoms with Crippen LogP contribution in [0.3, 0.4) is 0 Å². The maximum Gasteiger partial charge on any atom is 0.407 e. The molecule has 6 heteroatoms. The number of carbonyl (C=O) groups excluding carboxylic acids is 2. The molecule has 2 aromatic rings. The predicted molar refractivity (Wildman–Crippen MR) is 119 cm³/mol. The van der Waals surface area contributed by atoms with Crippen molar-refractivity contribution in [1.29, 1.82) is 0 Å². The van der Waals surface area contributed by atoms with Gasteiger partial charge in [-0.05, 0) is 74.7 Å². The number of nitrogens with one attached hydrogen (secondary N) is 2. The molecule has 0 radical (unpaired) electrons. The lowest BCUT2D eigenvalue weighted by Gasteiger charge is -2.39. The van der Waals surface area contributed by atoms with Gasteiger partial charge >= 0.3 is 6.09 Å². The average molecular weight is 410 g/mol. The first kappa shape index (κ1) is 21.8. The van der Waals surface area contributed by atoms with Crippen molar-refractivity contribution in [2.75, 3.05) is 11.9 Å². The summed E-state index contributed by atoms with van der Waals surface area (Å²) in [5.41, 5.74) is 5.12. The van der Waals surface area contributed by atoms with Crippen LogP contribution in [0.2, 0.25) is 0 Å². The van der Waals surface area contributed by atoms with Crippen molar-refractivity contribution >= 4 is 17.7 Å². The summed E-state index contributed by atoms with van der Waals surface area (Å²) < 4.78 is 5.30. The minimum atomic E-state index is -0.439. The van der Waals surface area contributed by atoms with Crippen LogP contribution in [0, 0.1) is 0 Å². The van der Waals surface area contributed by atoms with Crippen LogP contribution in [0.1, 0.15) is 51.3 Å². The third kappa shape index (κ3) is 4.82. The number of hydrogen-bond donors (Lipinski definition) is 2. The Morgan fingerprint density at radius 1 is 1.17 bits per heavy atom. The van der Waals surface area contributed by atoms with Crippen molar-refractivity contribution in [3.05, 3.63) is 53.6 Å². The number of ether oxygens (including phenoxy) is 1. The molecule has 160 valence electrons. The Hall–Kier alpha value is -2.86. The van der Waals surface area contributed by atoms with Gasteiger partial charge in [-0.15, -0.1) is 0 Å². The Kier molecular flexibility index (Phi) is 6.77. The highest BCUT2D eigenvalue weighted by Gasteiger charge is 2.33. The quantitative estimate of drug-likeness (QED) is 0.768. The van der Waals surface area contributed by atoms with Gasteiger partial charge in [0.1, 0.15) is 0 Å². The Bertz CT molecular complexity index is 926. The number of nitrogens with zero attached hydrogens (tertiary/aromatic N) is 1. The monoisotopic (exact) mass is 409 g/mol. The first-order valence-electron chi connectivity index (χ1n) is 10.4. The molecule has 1 heterocycles. The maximum absolute atomic E-state index is 12.3. The first-order chi connectivity index (χ1) is 14.3. The molecule has 0 aromatic heterocycles. The second-order valence-corrected chi connectivity index (χ2v) is 8.13. The summed E-state index contributed by atoms with van der Waals surface area (Å²) in [5.74, 6) is -0.00396. The lowest BCUT2D eigenvalue weighted by Crippen LogP contribution is -2.45. The van der Waals surface area contributed by atoms with Gasteiger partial charge in [-0.3, -0.25) is 4.79 Å². The van der Waals surface area contributed by atoms with E-state index in [0.717, 1.165) is 28.9 Å². The van der Waals surface area contributed by atoms with Gasteiger partial charge in [0.2, 0.25) is 5.91 Å². The fourth-order valence-electron chi connectivity index (χ4n) is 4.12. The van der Waals surface area contributed by atoms with E-state index in [4.69, 9.17) is 4.74 Å². The second kappa shape index (κ2) is 9.30. The fourth-order valence-corrected chi connectivity index (χ4v) is 4.12. The molecule has 2 atom stereocenters. The molecule has 6 nitrogen and oxygen atoms in total. The van der Waals surface area contributed by atoms with Crippen LogP contribution in [0.4, 0.5) is 10.5 Å². The molecule has 3 rings (SSSR count). The molecular weight excluding hydrogens is 378 g/mol. The van der Waals surface area contributed by atoms with E-state index in [-0.39, 0.29) is 24.1 Å². The number of benzene rings is 2. The number of hydrogen-bond acceptors (Lipinski definition) is 4. The molecule has 2 N–H and O–H groups in total. The van der Waals surface area contributed by atoms with Gasteiger partial charge in [0.25, 0.3) is 0 Å². The fraction of sp³-hybridized carbons (Fsp3) is 0.417. The van der Waals surface area contributed by atoms with Crippen molar-refractivity contribution in [3.63, 3.8) is 0 Å². The minimum absolute atomic E-state index is 0.00396. The average Bonchev–Trinajstić information content (AvgIpc) is 2.67. The van der Waals surface area contributed by atoms with Gasteiger partial charge in [-0.1, -0.05) is 24.3 Å². The maximum atomic E-state index is 12.3. The van der Waals surface area contributed by atoms with Crippen molar-refractivity contribution in [1.82, 2.24) is 10.6 Å². The van der Waals surface area contributed by atoms with E-state index < -0.39 is 6.09 Å². The van der Waals surface area contributed by atoms with Gasteiger partial charge in [-0.2, -0.15) is 0 Å². The number of carbonyl (C=O) groups is 2. The topological polar surface area (TPSA) is 70.7 Å². The summed E-state index contributed by atoms with van der Waals surface area (Å²) in [7, 11) is 1.93. The zero-order valence-corrected chi connectivity index (χ0v) is 18.4. The van der Waals surface area contributed by atoms with E-state index in [2.05, 4.69) is 34.9 Å². The molecule has 2 unspecified atom stereocenters. The minimum Gasteiger partial charge on any atom is -0.447 e. The first-order valence-corrected chi connectivity index (χ1v) is 10.4. The van der Waals surface area contributed by atoms with Crippen LogP contribution in [0.5, 0.6) is 0 Å². The summed E-state index contributed by atoms with van der Waals surface area (Å²) in [5, 5.41) is 6.17. The van der Waals surface area contributed by atoms with Crippen LogP contribution in [-0.2, 0) is 16.1 Å². The number of alkyl carbamates (subject to hydrolysis) is 1. The molecule has 1 aliphatic rings. The standard InChI is InChI=1S/C24H31N3O3/c1-15(2)30-24(29)26-22-11-16(3)27(17(4)28)23-10-9-20(13-21(22)23)19-8-6-7-18(12-19)14-25-5/h6-10,12-13,15-16,22,25H,11,14H2,1-5H3,(H,26,29). The van der Waals surface area contributed by atoms with Crippen molar-refractivity contribution in [2.24, 2.45) is 0 Å². The highest BCUT2D eigenvalue weighted by atomic mass is 16.6. The zero-order valence-electron chi connectivity index (χ0n) is 18.4. The number of rotatable bonds is 5. The van der Waals surface area contributed by atoms with Gasteiger partial charge in [0.15, 0.2) is 0 Å². The van der Waals surface area contributed by atoms with E-state index in [0.29, 0.717) is 6.42 Å². The van der Waals surface area contributed by atoms with Gasteiger partial charge in [-0.25, -0.2) is 4.79 Å². The van der Waals surface area contributed by atoms with Crippen LogP contribution in [-0.4, -0.2) is 31.2 Å². The Labute approximate surface area is 178 Å². The smallest absolute Gasteiger partial charge is 0.407 e. The Balaban J connectivity index is 2.01. The highest BCUT2D eigenvalue weighted by molar-refractivity contribution is 5.94. The lowest BCUT2D eigenvalue weighted by atomic mass is 9.89. The van der Waals surface area contributed by atoms with Crippen LogP contribution in [0.15, 0.2) is 42.5 Å². The predicted octanol–water partition coefficient (Wildman–Crippen LogP) is 4.39. The van der Waals surface area contributed by atoms with E-state index in [9.17, 15) is 9.59 Å². The Morgan fingerprint density at radius 3 is 2.57 bits per heavy atom.